The van der Waals surface area contributed by atoms with E-state index < -0.39 is 0 Å². The Bertz CT molecular complexity index is 3460. The first kappa shape index (κ1) is 65.6. The summed E-state index contributed by atoms with van der Waals surface area (Å²) in [4.78, 5) is 68.7. The zero-order chi connectivity index (χ0) is 63.9. The number of piperidine rings is 4. The summed E-state index contributed by atoms with van der Waals surface area (Å²) in [5, 5.41) is 5.89. The Labute approximate surface area is 561 Å². The summed E-state index contributed by atoms with van der Waals surface area (Å²) in [6.07, 6.45) is 18.5. The van der Waals surface area contributed by atoms with E-state index in [4.69, 9.17) is 0 Å². The second-order valence-electron chi connectivity index (χ2n) is 28.9. The summed E-state index contributed by atoms with van der Waals surface area (Å²) in [5.74, 6) is 13.4. The average molecular weight is 1310 g/mol. The van der Waals surface area contributed by atoms with Crippen LogP contribution in [0, 0.1) is 23.7 Å². The molecular formula is C76H96N8O4S4. The molecule has 4 aromatic carbocycles. The van der Waals surface area contributed by atoms with Crippen LogP contribution in [0.25, 0.3) is 43.6 Å². The maximum absolute atomic E-state index is 11.2. The number of nitrogens with zero attached hydrogens (tertiary/aromatic N) is 4. The molecule has 488 valence electrons. The molecule has 4 aromatic heterocycles. The number of nitrogens with one attached hydrogen (secondary N) is 4. The van der Waals surface area contributed by atoms with Gasteiger partial charge in [-0.3, -0.25) is 19.2 Å². The summed E-state index contributed by atoms with van der Waals surface area (Å²) in [6, 6.07) is 29.3. The van der Waals surface area contributed by atoms with Crippen molar-refractivity contribution in [1.82, 2.24) is 39.5 Å². The molecule has 4 saturated heterocycles. The first-order valence-corrected chi connectivity index (χ1v) is 38.6. The van der Waals surface area contributed by atoms with E-state index in [0.717, 1.165) is 74.9 Å². The number of aromatic nitrogens is 4. The van der Waals surface area contributed by atoms with Crippen LogP contribution in [-0.4, -0.2) is 187 Å². The highest BCUT2D eigenvalue weighted by Crippen LogP contribution is 2.49. The largest absolute Gasteiger partial charge is 0.361 e. The number of benzene rings is 4. The highest BCUT2D eigenvalue weighted by atomic mass is 32.2. The number of hydrogen-bond donors (Lipinski definition) is 4. The van der Waals surface area contributed by atoms with Crippen molar-refractivity contribution in [2.45, 2.75) is 127 Å². The Morgan fingerprint density at radius 2 is 0.576 bits per heavy atom. The Morgan fingerprint density at radius 3 is 0.783 bits per heavy atom. The van der Waals surface area contributed by atoms with Gasteiger partial charge in [-0.1, -0.05) is 48.5 Å². The van der Waals surface area contributed by atoms with E-state index in [-0.39, 0.29) is 23.1 Å². The summed E-state index contributed by atoms with van der Waals surface area (Å²) in [5.41, 5.74) is 17.2. The number of rotatable bonds is 16. The number of thioether (sulfide) groups is 4. The lowest BCUT2D eigenvalue weighted by Gasteiger charge is -2.45. The average Bonchev–Trinajstić information content (AvgIpc) is 1.40. The number of likely N-dealkylation sites (tertiary alicyclic amines) is 4. The molecule has 16 heteroatoms. The molecule has 4 aliphatic carbocycles. The molecule has 16 rings (SSSR count). The van der Waals surface area contributed by atoms with Gasteiger partial charge in [0, 0.05) is 142 Å². The Morgan fingerprint density at radius 1 is 0.359 bits per heavy atom. The van der Waals surface area contributed by atoms with Crippen LogP contribution in [0.3, 0.4) is 0 Å². The lowest BCUT2D eigenvalue weighted by atomic mass is 9.73. The summed E-state index contributed by atoms with van der Waals surface area (Å²) in [6.45, 7) is 11.4. The first-order valence-electron chi connectivity index (χ1n) is 34.0. The number of hydrogen-bond acceptors (Lipinski definition) is 12. The van der Waals surface area contributed by atoms with E-state index in [0.29, 0.717) is 94.5 Å². The fourth-order valence-electron chi connectivity index (χ4n) is 18.2. The number of Topliss-reactive ketones (excluding diaryl/α,β-unsaturated/α-hetero) is 4. The van der Waals surface area contributed by atoms with Crippen molar-refractivity contribution in [1.29, 1.82) is 0 Å². The molecule has 8 aromatic rings. The molecular weight excluding hydrogens is 1220 g/mol. The topological polar surface area (TPSA) is 144 Å². The van der Waals surface area contributed by atoms with Gasteiger partial charge in [0.05, 0.1) is 23.0 Å². The number of ketones is 4. The summed E-state index contributed by atoms with van der Waals surface area (Å²) in [7, 11) is 9.10. The van der Waals surface area contributed by atoms with Gasteiger partial charge in [0.25, 0.3) is 0 Å². The number of carbonyl (C=O) groups excluding carboxylic acids is 4. The van der Waals surface area contributed by atoms with Gasteiger partial charge in [0.2, 0.25) is 0 Å². The number of H-pyrrole nitrogens is 4. The molecule has 0 saturated carbocycles. The quantitative estimate of drug-likeness (QED) is 0.0731. The molecule has 12 atom stereocenters. The van der Waals surface area contributed by atoms with E-state index >= 15 is 0 Å². The minimum atomic E-state index is 0.288. The van der Waals surface area contributed by atoms with Crippen molar-refractivity contribution < 1.29 is 19.2 Å². The van der Waals surface area contributed by atoms with E-state index in [1.165, 1.54) is 114 Å². The fraction of sp³-hybridized carbons (Fsp3) is 0.526. The Balaban J connectivity index is 0.000000112. The van der Waals surface area contributed by atoms with Crippen molar-refractivity contribution in [3.05, 3.63) is 142 Å². The zero-order valence-corrected chi connectivity index (χ0v) is 58.6. The number of carbonyl (C=O) groups is 4. The third-order valence-electron chi connectivity index (χ3n) is 21.9. The number of likely N-dealkylation sites (N-methyl/N-ethyl adjacent to an activating group) is 4. The van der Waals surface area contributed by atoms with Crippen molar-refractivity contribution in [3.8, 4) is 0 Å². The second-order valence-corrected chi connectivity index (χ2v) is 33.0. The van der Waals surface area contributed by atoms with Crippen LogP contribution >= 0.6 is 47.0 Å². The normalized spacial score (nSPS) is 27.1. The van der Waals surface area contributed by atoms with Crippen molar-refractivity contribution in [3.63, 3.8) is 0 Å². The first-order chi connectivity index (χ1) is 44.5. The van der Waals surface area contributed by atoms with E-state index in [9.17, 15) is 19.2 Å². The maximum Gasteiger partial charge on any atom is 0.139 e. The minimum absolute atomic E-state index is 0.288. The standard InChI is InChI=1S/4C19H24N2OS/c4*1-12(22)10-23-11-13-6-16-15-4-3-5-17-19(15)14(8-20-17)7-18(16)21(2)9-13/h4*3-5,8,13,16,18,20H,6-7,9-11H2,1-2H3/t4*13-,16-,18-/m1111/s1. The van der Waals surface area contributed by atoms with Crippen LogP contribution in [-0.2, 0) is 44.9 Å². The molecule has 4 fully saturated rings. The molecule has 0 amide bonds. The van der Waals surface area contributed by atoms with Gasteiger partial charge in [-0.15, -0.1) is 0 Å². The minimum Gasteiger partial charge on any atom is -0.361 e. The van der Waals surface area contributed by atoms with Gasteiger partial charge in [0.15, 0.2) is 0 Å². The van der Waals surface area contributed by atoms with E-state index in [1.807, 2.05) is 0 Å². The predicted octanol–water partition coefficient (Wildman–Crippen LogP) is 13.8. The SMILES string of the molecule is CC(=O)CSC[C@@H]1C[C@@H]2c3cccc4[nH]cc(c34)C[C@H]2N(C)C1.CC(=O)CSC[C@@H]1C[C@@H]2c3cccc4[nH]cc(c34)C[C@H]2N(C)C1.CC(=O)CSC[C@@H]1C[C@@H]2c3cccc4[nH]cc(c34)C[C@H]2N(C)C1.CC(=O)CSC[C@@H]1C[C@@H]2c3cccc4[nH]cc(c34)C[C@H]2N(C)C1. The van der Waals surface area contributed by atoms with Crippen LogP contribution in [0.2, 0.25) is 0 Å². The molecule has 0 bridgehead atoms. The van der Waals surface area contributed by atoms with Crippen molar-refractivity contribution >= 4 is 114 Å². The third kappa shape index (κ3) is 14.0. The van der Waals surface area contributed by atoms with Crippen molar-refractivity contribution in [2.24, 2.45) is 23.7 Å². The summed E-state index contributed by atoms with van der Waals surface area (Å²) >= 11 is 7.23. The van der Waals surface area contributed by atoms with Gasteiger partial charge in [-0.25, -0.2) is 0 Å². The maximum atomic E-state index is 11.2. The van der Waals surface area contributed by atoms with Crippen LogP contribution in [0.5, 0.6) is 0 Å². The zero-order valence-electron chi connectivity index (χ0n) is 55.4. The Hall–Kier alpha value is -5.04. The molecule has 0 radical (unpaired) electrons. The molecule has 4 N–H and O–H groups in total. The molecule has 12 nitrogen and oxygen atoms in total. The van der Waals surface area contributed by atoms with Crippen LogP contribution in [0.15, 0.2) is 97.6 Å². The molecule has 0 unspecified atom stereocenters. The lowest BCUT2D eigenvalue weighted by Crippen LogP contribution is -2.48. The fourth-order valence-corrected chi connectivity index (χ4v) is 22.1. The van der Waals surface area contributed by atoms with Gasteiger partial charge < -0.3 is 39.5 Å². The number of aromatic amines is 4. The predicted molar refractivity (Wildman–Crippen MR) is 389 cm³/mol. The van der Waals surface area contributed by atoms with Gasteiger partial charge in [0.1, 0.15) is 23.1 Å². The van der Waals surface area contributed by atoms with Crippen LogP contribution in [0.1, 0.15) is 122 Å². The number of fused-ring (bicyclic) bond motifs is 8. The van der Waals surface area contributed by atoms with Gasteiger partial charge in [-0.2, -0.15) is 47.0 Å². The molecule has 0 spiro atoms. The smallest absolute Gasteiger partial charge is 0.139 e. The monoisotopic (exact) mass is 1310 g/mol. The molecule has 8 aliphatic rings. The molecule has 8 heterocycles. The lowest BCUT2D eigenvalue weighted by molar-refractivity contribution is -0.115. The second kappa shape index (κ2) is 28.7. The molecule has 92 heavy (non-hydrogen) atoms. The third-order valence-corrected chi connectivity index (χ3v) is 27.2. The van der Waals surface area contributed by atoms with Crippen LogP contribution in [0.4, 0.5) is 0 Å². The van der Waals surface area contributed by atoms with E-state index in [2.05, 4.69) is 165 Å². The Kier molecular flexibility index (Phi) is 20.5. The van der Waals surface area contributed by atoms with E-state index in [1.54, 1.807) is 74.7 Å². The van der Waals surface area contributed by atoms with Crippen molar-refractivity contribution in [2.75, 3.05) is 100 Å². The highest BCUT2D eigenvalue weighted by molar-refractivity contribution is 8.00. The van der Waals surface area contributed by atoms with Gasteiger partial charge in [-0.05, 0) is 223 Å². The highest BCUT2D eigenvalue weighted by Gasteiger charge is 2.43. The van der Waals surface area contributed by atoms with Gasteiger partial charge >= 0.3 is 0 Å². The molecule has 4 aliphatic heterocycles. The summed E-state index contributed by atoms with van der Waals surface area (Å²) < 4.78 is 0. The van der Waals surface area contributed by atoms with Crippen LogP contribution < -0.4 is 0 Å².